The summed E-state index contributed by atoms with van der Waals surface area (Å²) in [7, 11) is 0. The number of ether oxygens (including phenoxy) is 1. The van der Waals surface area contributed by atoms with E-state index in [9.17, 15) is 14.4 Å². The fourth-order valence-electron chi connectivity index (χ4n) is 2.89. The number of benzene rings is 2. The third-order valence-electron chi connectivity index (χ3n) is 4.23. The van der Waals surface area contributed by atoms with Gasteiger partial charge in [0.2, 0.25) is 0 Å². The number of aryl methyl sites for hydroxylation is 1. The summed E-state index contributed by atoms with van der Waals surface area (Å²) in [5, 5.41) is 0.633. The van der Waals surface area contributed by atoms with E-state index in [4.69, 9.17) is 16.3 Å². The summed E-state index contributed by atoms with van der Waals surface area (Å²) in [4.78, 5) is 37.7. The maximum atomic E-state index is 12.3. The molecule has 0 saturated heterocycles. The van der Waals surface area contributed by atoms with Crippen LogP contribution in [-0.2, 0) is 16.0 Å². The predicted octanol–water partition coefficient (Wildman–Crippen LogP) is 4.26. The van der Waals surface area contributed by atoms with Crippen molar-refractivity contribution in [2.24, 2.45) is 0 Å². The Kier molecular flexibility index (Phi) is 6.29. The summed E-state index contributed by atoms with van der Waals surface area (Å²) < 4.78 is 5.94. The molecule has 0 aliphatic carbocycles. The zero-order valence-electron chi connectivity index (χ0n) is 14.4. The molecule has 140 valence electrons. The van der Waals surface area contributed by atoms with Gasteiger partial charge < -0.3 is 4.74 Å². The summed E-state index contributed by atoms with van der Waals surface area (Å²) >= 11 is 9.21. The molecule has 0 spiro atoms. The molecule has 0 unspecified atom stereocenters. The number of hydrogen-bond donors (Lipinski definition) is 0. The topological polar surface area (TPSA) is 63.7 Å². The molecular formula is C20H17BrClNO4. The molecule has 2 aromatic rings. The number of carbonyl (C=O) groups is 3. The van der Waals surface area contributed by atoms with Gasteiger partial charge in [0.05, 0.1) is 17.7 Å². The van der Waals surface area contributed by atoms with Crippen LogP contribution in [0.3, 0.4) is 0 Å². The number of fused-ring (bicyclic) bond motifs is 1. The minimum atomic E-state index is -0.318. The molecule has 0 fully saturated rings. The Morgan fingerprint density at radius 1 is 1.07 bits per heavy atom. The monoisotopic (exact) mass is 449 g/mol. The summed E-state index contributed by atoms with van der Waals surface area (Å²) in [6.45, 7) is 0.372. The standard InChI is InChI=1S/C20H17BrClNO4/c21-14-6-7-16-17(12-14)20(26)23(19(16)25)9-2-10-27-18(24)8-5-13-3-1-4-15(22)11-13/h1,3-4,6-7,11-12H,2,5,8-10H2. The van der Waals surface area contributed by atoms with Gasteiger partial charge in [0, 0.05) is 22.5 Å². The maximum Gasteiger partial charge on any atom is 0.306 e. The second kappa shape index (κ2) is 8.67. The van der Waals surface area contributed by atoms with Gasteiger partial charge in [-0.15, -0.1) is 0 Å². The lowest BCUT2D eigenvalue weighted by Crippen LogP contribution is -2.31. The average Bonchev–Trinajstić information content (AvgIpc) is 2.87. The van der Waals surface area contributed by atoms with Gasteiger partial charge in [0.25, 0.3) is 11.8 Å². The van der Waals surface area contributed by atoms with E-state index in [1.165, 1.54) is 4.90 Å². The van der Waals surface area contributed by atoms with Crippen molar-refractivity contribution in [2.45, 2.75) is 19.3 Å². The Morgan fingerprint density at radius 3 is 2.63 bits per heavy atom. The number of hydrogen-bond acceptors (Lipinski definition) is 4. The van der Waals surface area contributed by atoms with Crippen LogP contribution in [0.2, 0.25) is 5.02 Å². The van der Waals surface area contributed by atoms with Crippen molar-refractivity contribution in [1.29, 1.82) is 0 Å². The normalized spacial score (nSPS) is 13.0. The SMILES string of the molecule is O=C(CCc1cccc(Cl)c1)OCCCN1C(=O)c2ccc(Br)cc2C1=O. The molecule has 27 heavy (non-hydrogen) atoms. The Balaban J connectivity index is 1.42. The molecule has 0 atom stereocenters. The quantitative estimate of drug-likeness (QED) is 0.359. The Bertz CT molecular complexity index is 899. The number of halogens is 2. The van der Waals surface area contributed by atoms with Crippen LogP contribution >= 0.6 is 27.5 Å². The Morgan fingerprint density at radius 2 is 1.85 bits per heavy atom. The summed E-state index contributed by atoms with van der Waals surface area (Å²) in [5.74, 6) is -0.945. The van der Waals surface area contributed by atoms with E-state index in [1.54, 1.807) is 24.3 Å². The van der Waals surface area contributed by atoms with Crippen LogP contribution in [0.1, 0.15) is 39.1 Å². The van der Waals surface area contributed by atoms with Gasteiger partial charge in [-0.05, 0) is 48.7 Å². The number of nitrogens with zero attached hydrogens (tertiary/aromatic N) is 1. The first-order valence-electron chi connectivity index (χ1n) is 8.51. The fourth-order valence-corrected chi connectivity index (χ4v) is 3.46. The third kappa shape index (κ3) is 4.76. The van der Waals surface area contributed by atoms with Crippen LogP contribution in [0.4, 0.5) is 0 Å². The molecular weight excluding hydrogens is 434 g/mol. The molecule has 3 rings (SSSR count). The van der Waals surface area contributed by atoms with Crippen LogP contribution in [0.25, 0.3) is 0 Å². The van der Waals surface area contributed by atoms with E-state index in [1.807, 2.05) is 18.2 Å². The van der Waals surface area contributed by atoms with Gasteiger partial charge in [-0.2, -0.15) is 0 Å². The van der Waals surface area contributed by atoms with E-state index in [0.717, 1.165) is 10.0 Å². The van der Waals surface area contributed by atoms with Gasteiger partial charge in [0.15, 0.2) is 0 Å². The minimum Gasteiger partial charge on any atom is -0.466 e. The van der Waals surface area contributed by atoms with Crippen molar-refractivity contribution >= 4 is 45.3 Å². The van der Waals surface area contributed by atoms with Gasteiger partial charge in [-0.3, -0.25) is 19.3 Å². The number of amides is 2. The molecule has 0 radical (unpaired) electrons. The second-order valence-electron chi connectivity index (χ2n) is 6.16. The number of carbonyl (C=O) groups excluding carboxylic acids is 3. The van der Waals surface area contributed by atoms with Crippen molar-refractivity contribution in [1.82, 2.24) is 4.90 Å². The summed E-state index contributed by atoms with van der Waals surface area (Å²) in [5.41, 5.74) is 1.77. The van der Waals surface area contributed by atoms with E-state index in [2.05, 4.69) is 15.9 Å². The molecule has 0 aromatic heterocycles. The number of rotatable bonds is 7. The number of imide groups is 1. The molecule has 1 aliphatic rings. The molecule has 0 saturated carbocycles. The smallest absolute Gasteiger partial charge is 0.306 e. The van der Waals surface area contributed by atoms with E-state index < -0.39 is 0 Å². The molecule has 0 bridgehead atoms. The lowest BCUT2D eigenvalue weighted by Gasteiger charge is -2.13. The molecule has 7 heteroatoms. The maximum absolute atomic E-state index is 12.3. The van der Waals surface area contributed by atoms with Crippen molar-refractivity contribution in [3.05, 3.63) is 68.7 Å². The highest BCUT2D eigenvalue weighted by molar-refractivity contribution is 9.10. The highest BCUT2D eigenvalue weighted by atomic mass is 79.9. The van der Waals surface area contributed by atoms with Crippen LogP contribution < -0.4 is 0 Å². The second-order valence-corrected chi connectivity index (χ2v) is 7.51. The highest BCUT2D eigenvalue weighted by Gasteiger charge is 2.35. The van der Waals surface area contributed by atoms with Gasteiger partial charge in [-0.25, -0.2) is 0 Å². The predicted molar refractivity (Wildman–Crippen MR) is 105 cm³/mol. The summed E-state index contributed by atoms with van der Waals surface area (Å²) in [6.07, 6.45) is 1.20. The van der Waals surface area contributed by atoms with E-state index >= 15 is 0 Å². The first-order chi connectivity index (χ1) is 13.0. The highest BCUT2D eigenvalue weighted by Crippen LogP contribution is 2.26. The van der Waals surface area contributed by atoms with Crippen molar-refractivity contribution in [2.75, 3.05) is 13.2 Å². The fraction of sp³-hybridized carbons (Fsp3) is 0.250. The van der Waals surface area contributed by atoms with Gasteiger partial charge >= 0.3 is 5.97 Å². The first kappa shape index (κ1) is 19.6. The largest absolute Gasteiger partial charge is 0.466 e. The minimum absolute atomic E-state index is 0.158. The van der Waals surface area contributed by atoms with E-state index in [-0.39, 0.29) is 37.4 Å². The van der Waals surface area contributed by atoms with Crippen molar-refractivity contribution in [3.8, 4) is 0 Å². The zero-order valence-corrected chi connectivity index (χ0v) is 16.8. The zero-order chi connectivity index (χ0) is 19.4. The molecule has 1 aliphatic heterocycles. The van der Waals surface area contributed by atoms with Crippen LogP contribution in [-0.4, -0.2) is 35.8 Å². The summed E-state index contributed by atoms with van der Waals surface area (Å²) in [6, 6.07) is 12.3. The van der Waals surface area contributed by atoms with Crippen LogP contribution in [0.15, 0.2) is 46.9 Å². The van der Waals surface area contributed by atoms with Crippen molar-refractivity contribution in [3.63, 3.8) is 0 Å². The van der Waals surface area contributed by atoms with Crippen LogP contribution in [0, 0.1) is 0 Å². The molecule has 5 nitrogen and oxygen atoms in total. The van der Waals surface area contributed by atoms with Crippen LogP contribution in [0.5, 0.6) is 0 Å². The average molecular weight is 451 g/mol. The Labute approximate surface area is 170 Å². The third-order valence-corrected chi connectivity index (χ3v) is 4.96. The van der Waals surface area contributed by atoms with Gasteiger partial charge in [-0.1, -0.05) is 39.7 Å². The molecule has 1 heterocycles. The molecule has 2 aromatic carbocycles. The lowest BCUT2D eigenvalue weighted by atomic mass is 10.1. The Hall–Kier alpha value is -2.18. The van der Waals surface area contributed by atoms with Crippen molar-refractivity contribution < 1.29 is 19.1 Å². The molecule has 2 amide bonds. The number of esters is 1. The molecule has 0 N–H and O–H groups in total. The lowest BCUT2D eigenvalue weighted by molar-refractivity contribution is -0.143. The van der Waals surface area contributed by atoms with E-state index in [0.29, 0.717) is 29.0 Å². The first-order valence-corrected chi connectivity index (χ1v) is 9.68. The van der Waals surface area contributed by atoms with Gasteiger partial charge in [0.1, 0.15) is 0 Å².